The van der Waals surface area contributed by atoms with E-state index in [2.05, 4.69) is 5.32 Å². The smallest absolute Gasteiger partial charge is 0.307 e. The van der Waals surface area contributed by atoms with E-state index < -0.39 is 33.5 Å². The molecule has 0 spiro atoms. The van der Waals surface area contributed by atoms with Crippen molar-refractivity contribution < 1.29 is 27.1 Å². The van der Waals surface area contributed by atoms with Crippen molar-refractivity contribution in [1.29, 1.82) is 0 Å². The zero-order valence-electron chi connectivity index (χ0n) is 14.0. The van der Waals surface area contributed by atoms with Crippen LogP contribution in [-0.4, -0.2) is 38.2 Å². The van der Waals surface area contributed by atoms with Gasteiger partial charge in [0.25, 0.3) is 5.91 Å². The Labute approximate surface area is 146 Å². The number of halogens is 1. The number of ether oxygens (including phenoxy) is 1. The quantitative estimate of drug-likeness (QED) is 0.585. The number of carbonyl (C=O) groups excluding carboxylic acids is 2. The van der Waals surface area contributed by atoms with Crippen molar-refractivity contribution >= 4 is 21.7 Å². The third kappa shape index (κ3) is 5.81. The standard InChI is InChI=1S/C17H22FNO5S/c1-12(17(21)19-14-4-2-3-5-14)24-16(20)10-11-25(22,23)15-8-6-13(18)7-9-15/h6-9,12,14H,2-5,10-11H2,1H3,(H,19,21)/t12-/m0/s1. The van der Waals surface area contributed by atoms with Crippen LogP contribution in [0.4, 0.5) is 4.39 Å². The molecule has 0 unspecified atom stereocenters. The predicted octanol–water partition coefficient (Wildman–Crippen LogP) is 1.98. The number of sulfone groups is 1. The van der Waals surface area contributed by atoms with Crippen LogP contribution in [0.25, 0.3) is 0 Å². The molecule has 1 aromatic rings. The van der Waals surface area contributed by atoms with Gasteiger partial charge in [0, 0.05) is 6.04 Å². The summed E-state index contributed by atoms with van der Waals surface area (Å²) in [4.78, 5) is 23.7. The second kappa shape index (κ2) is 8.42. The summed E-state index contributed by atoms with van der Waals surface area (Å²) in [6.07, 6.45) is 2.63. The average Bonchev–Trinajstić information content (AvgIpc) is 3.06. The van der Waals surface area contributed by atoms with Crippen LogP contribution in [0.1, 0.15) is 39.0 Å². The molecule has 1 aliphatic carbocycles. The maximum Gasteiger partial charge on any atom is 0.307 e. The minimum Gasteiger partial charge on any atom is -0.453 e. The maximum atomic E-state index is 12.8. The molecule has 1 amide bonds. The van der Waals surface area contributed by atoms with Gasteiger partial charge >= 0.3 is 5.97 Å². The molecule has 8 heteroatoms. The Bertz CT molecular complexity index is 711. The summed E-state index contributed by atoms with van der Waals surface area (Å²) in [5, 5.41) is 2.82. The van der Waals surface area contributed by atoms with Gasteiger partial charge in [0.1, 0.15) is 5.82 Å². The zero-order chi connectivity index (χ0) is 18.4. The van der Waals surface area contributed by atoms with E-state index in [1.54, 1.807) is 0 Å². The predicted molar refractivity (Wildman–Crippen MR) is 89.0 cm³/mol. The topological polar surface area (TPSA) is 89.5 Å². The number of hydrogen-bond donors (Lipinski definition) is 1. The Morgan fingerprint density at radius 2 is 1.84 bits per heavy atom. The van der Waals surface area contributed by atoms with Gasteiger partial charge in [0.05, 0.1) is 17.1 Å². The molecule has 0 radical (unpaired) electrons. The van der Waals surface area contributed by atoms with E-state index >= 15 is 0 Å². The van der Waals surface area contributed by atoms with E-state index in [0.29, 0.717) is 0 Å². The van der Waals surface area contributed by atoms with E-state index in [1.807, 2.05) is 0 Å². The van der Waals surface area contributed by atoms with Crippen LogP contribution in [0.3, 0.4) is 0 Å². The van der Waals surface area contributed by atoms with Crippen LogP contribution < -0.4 is 5.32 Å². The molecule has 0 heterocycles. The molecular formula is C17H22FNO5S. The van der Waals surface area contributed by atoms with E-state index in [0.717, 1.165) is 49.9 Å². The lowest BCUT2D eigenvalue weighted by Crippen LogP contribution is -2.41. The Morgan fingerprint density at radius 1 is 1.24 bits per heavy atom. The molecular weight excluding hydrogens is 349 g/mol. The molecule has 1 fully saturated rings. The van der Waals surface area contributed by atoms with Crippen LogP contribution in [0.15, 0.2) is 29.2 Å². The normalized spacial score (nSPS) is 16.4. The summed E-state index contributed by atoms with van der Waals surface area (Å²) < 4.78 is 42.0. The highest BCUT2D eigenvalue weighted by atomic mass is 32.2. The second-order valence-corrected chi connectivity index (χ2v) is 8.25. The maximum absolute atomic E-state index is 12.8. The van der Waals surface area contributed by atoms with Gasteiger partial charge in [-0.2, -0.15) is 0 Å². The van der Waals surface area contributed by atoms with Gasteiger partial charge < -0.3 is 10.1 Å². The van der Waals surface area contributed by atoms with Gasteiger partial charge in [0.2, 0.25) is 0 Å². The lowest BCUT2D eigenvalue weighted by atomic mass is 10.2. The Hall–Kier alpha value is -1.96. The second-order valence-electron chi connectivity index (χ2n) is 6.14. The molecule has 2 rings (SSSR count). The van der Waals surface area contributed by atoms with Crippen molar-refractivity contribution in [2.45, 2.75) is 56.1 Å². The molecule has 0 aromatic heterocycles. The fraction of sp³-hybridized carbons (Fsp3) is 0.529. The van der Waals surface area contributed by atoms with Crippen LogP contribution >= 0.6 is 0 Å². The Balaban J connectivity index is 1.80. The van der Waals surface area contributed by atoms with E-state index in [-0.39, 0.29) is 23.3 Å². The molecule has 1 saturated carbocycles. The number of hydrogen-bond acceptors (Lipinski definition) is 5. The first kappa shape index (κ1) is 19.4. The van der Waals surface area contributed by atoms with Crippen molar-refractivity contribution in [3.8, 4) is 0 Å². The van der Waals surface area contributed by atoms with Crippen molar-refractivity contribution in [1.82, 2.24) is 5.32 Å². The molecule has 138 valence electrons. The first-order chi connectivity index (χ1) is 11.8. The molecule has 0 bridgehead atoms. The fourth-order valence-corrected chi connectivity index (χ4v) is 3.90. The van der Waals surface area contributed by atoms with Crippen molar-refractivity contribution in [3.05, 3.63) is 30.1 Å². The number of amides is 1. The lowest BCUT2D eigenvalue weighted by Gasteiger charge is -2.17. The summed E-state index contributed by atoms with van der Waals surface area (Å²) in [6, 6.07) is 4.50. The molecule has 0 aliphatic heterocycles. The fourth-order valence-electron chi connectivity index (χ4n) is 2.68. The van der Waals surface area contributed by atoms with Crippen LogP contribution in [-0.2, 0) is 24.2 Å². The highest BCUT2D eigenvalue weighted by Crippen LogP contribution is 2.18. The van der Waals surface area contributed by atoms with Crippen molar-refractivity contribution in [3.63, 3.8) is 0 Å². The van der Waals surface area contributed by atoms with E-state index in [1.165, 1.54) is 6.92 Å². The average molecular weight is 371 g/mol. The summed E-state index contributed by atoms with van der Waals surface area (Å²) in [5.74, 6) is -2.14. The van der Waals surface area contributed by atoms with E-state index in [4.69, 9.17) is 4.74 Å². The number of esters is 1. The summed E-state index contributed by atoms with van der Waals surface area (Å²) >= 11 is 0. The van der Waals surface area contributed by atoms with Crippen molar-refractivity contribution in [2.75, 3.05) is 5.75 Å². The van der Waals surface area contributed by atoms with Gasteiger partial charge in [-0.25, -0.2) is 12.8 Å². The molecule has 1 atom stereocenters. The summed E-state index contributed by atoms with van der Waals surface area (Å²) in [5.41, 5.74) is 0. The lowest BCUT2D eigenvalue weighted by molar-refractivity contribution is -0.154. The van der Waals surface area contributed by atoms with Crippen LogP contribution in [0, 0.1) is 5.82 Å². The molecule has 1 N–H and O–H groups in total. The number of rotatable bonds is 7. The largest absolute Gasteiger partial charge is 0.453 e. The summed E-state index contributed by atoms with van der Waals surface area (Å²) in [7, 11) is -3.71. The van der Waals surface area contributed by atoms with Gasteiger partial charge in [-0.05, 0) is 44.0 Å². The highest BCUT2D eigenvalue weighted by Gasteiger charge is 2.24. The summed E-state index contributed by atoms with van der Waals surface area (Å²) in [6.45, 7) is 1.46. The molecule has 1 aromatic carbocycles. The van der Waals surface area contributed by atoms with Crippen LogP contribution in [0.5, 0.6) is 0 Å². The van der Waals surface area contributed by atoms with Gasteiger partial charge in [-0.15, -0.1) is 0 Å². The first-order valence-corrected chi connectivity index (χ1v) is 9.91. The molecule has 6 nitrogen and oxygen atoms in total. The number of benzene rings is 1. The van der Waals surface area contributed by atoms with Crippen LogP contribution in [0.2, 0.25) is 0 Å². The Kier molecular flexibility index (Phi) is 6.52. The Morgan fingerprint density at radius 3 is 2.44 bits per heavy atom. The first-order valence-electron chi connectivity index (χ1n) is 8.26. The minimum absolute atomic E-state index is 0.0614. The number of nitrogens with one attached hydrogen (secondary N) is 1. The SMILES string of the molecule is C[C@H](OC(=O)CCS(=O)(=O)c1ccc(F)cc1)C(=O)NC1CCCC1. The zero-order valence-corrected chi connectivity index (χ0v) is 14.9. The van der Waals surface area contributed by atoms with Gasteiger partial charge in [-0.1, -0.05) is 12.8 Å². The monoisotopic (exact) mass is 371 g/mol. The molecule has 1 aliphatic rings. The van der Waals surface area contributed by atoms with Gasteiger partial charge in [-0.3, -0.25) is 9.59 Å². The van der Waals surface area contributed by atoms with E-state index in [9.17, 15) is 22.4 Å². The van der Waals surface area contributed by atoms with Crippen molar-refractivity contribution in [2.24, 2.45) is 0 Å². The number of carbonyl (C=O) groups is 2. The molecule has 0 saturated heterocycles. The molecule has 25 heavy (non-hydrogen) atoms. The third-order valence-electron chi connectivity index (χ3n) is 4.13. The minimum atomic E-state index is -3.71. The van der Waals surface area contributed by atoms with Gasteiger partial charge in [0.15, 0.2) is 15.9 Å². The third-order valence-corrected chi connectivity index (χ3v) is 5.86. The highest BCUT2D eigenvalue weighted by molar-refractivity contribution is 7.91.